The van der Waals surface area contributed by atoms with E-state index < -0.39 is 0 Å². The van der Waals surface area contributed by atoms with Gasteiger partial charge in [0.25, 0.3) is 0 Å². The molecule has 2 aliphatic carbocycles. The van der Waals surface area contributed by atoms with Crippen molar-refractivity contribution in [2.45, 2.75) is 76.5 Å². The van der Waals surface area contributed by atoms with E-state index in [0.717, 1.165) is 24.0 Å². The summed E-state index contributed by atoms with van der Waals surface area (Å²) in [5, 5.41) is 3.72. The predicted octanol–water partition coefficient (Wildman–Crippen LogP) is 5.76. The molecule has 2 aromatic heterocycles. The van der Waals surface area contributed by atoms with Crippen LogP contribution >= 0.6 is 0 Å². The van der Waals surface area contributed by atoms with Gasteiger partial charge in [0.05, 0.1) is 5.69 Å². The molecule has 1 N–H and O–H groups in total. The second-order valence-electron chi connectivity index (χ2n) is 7.90. The van der Waals surface area contributed by atoms with Gasteiger partial charge >= 0.3 is 0 Å². The van der Waals surface area contributed by atoms with Crippen LogP contribution in [0.15, 0.2) is 24.7 Å². The van der Waals surface area contributed by atoms with E-state index in [9.17, 15) is 0 Å². The smallest absolute Gasteiger partial charge is 0.160 e. The third-order valence-corrected chi connectivity index (χ3v) is 6.18. The van der Waals surface area contributed by atoms with E-state index in [1.165, 1.54) is 81.9 Å². The highest BCUT2D eigenvalue weighted by atomic mass is 15.0. The number of hydrogen-bond acceptors (Lipinski definition) is 2. The zero-order chi connectivity index (χ0) is 16.2. The van der Waals surface area contributed by atoms with Gasteiger partial charge in [0.15, 0.2) is 5.65 Å². The van der Waals surface area contributed by atoms with Gasteiger partial charge in [0, 0.05) is 25.1 Å². The fourth-order valence-electron chi connectivity index (χ4n) is 4.73. The number of anilines is 1. The summed E-state index contributed by atoms with van der Waals surface area (Å²) < 4.78 is 2.22. The number of nitrogens with zero attached hydrogens (tertiary/aromatic N) is 2. The second-order valence-corrected chi connectivity index (χ2v) is 7.90. The zero-order valence-corrected chi connectivity index (χ0v) is 14.8. The Bertz CT molecular complexity index is 648. The van der Waals surface area contributed by atoms with Crippen LogP contribution in [0.4, 0.5) is 5.69 Å². The maximum absolute atomic E-state index is 4.57. The van der Waals surface area contributed by atoms with Crippen molar-refractivity contribution in [2.75, 3.05) is 11.9 Å². The summed E-state index contributed by atoms with van der Waals surface area (Å²) in [4.78, 5) is 4.57. The maximum Gasteiger partial charge on any atom is 0.160 e. The molecule has 0 amide bonds. The van der Waals surface area contributed by atoms with E-state index in [1.807, 2.05) is 6.20 Å². The number of imidazole rings is 1. The highest BCUT2D eigenvalue weighted by Gasteiger charge is 2.18. The lowest BCUT2D eigenvalue weighted by molar-refractivity contribution is 0.345. The Kier molecular flexibility index (Phi) is 5.05. The van der Waals surface area contributed by atoms with Crippen LogP contribution in [0.3, 0.4) is 0 Å². The SMILES string of the molecule is c1cn2cc(C3CCCCC3)cc(NCCC3CCCCC3)c2n1. The van der Waals surface area contributed by atoms with Crippen molar-refractivity contribution in [2.24, 2.45) is 5.92 Å². The Hall–Kier alpha value is -1.51. The van der Waals surface area contributed by atoms with Gasteiger partial charge in [-0.05, 0) is 42.7 Å². The summed E-state index contributed by atoms with van der Waals surface area (Å²) >= 11 is 0. The van der Waals surface area contributed by atoms with Gasteiger partial charge in [0.1, 0.15) is 0 Å². The molecular formula is C21H31N3. The number of pyridine rings is 1. The lowest BCUT2D eigenvalue weighted by Crippen LogP contribution is -2.13. The Morgan fingerprint density at radius 1 is 1.00 bits per heavy atom. The molecule has 2 saturated carbocycles. The summed E-state index contributed by atoms with van der Waals surface area (Å²) in [5.74, 6) is 1.67. The van der Waals surface area contributed by atoms with Crippen LogP contribution in [0.25, 0.3) is 5.65 Å². The molecule has 3 nitrogen and oxygen atoms in total. The Labute approximate surface area is 145 Å². The molecule has 2 aromatic rings. The van der Waals surface area contributed by atoms with Crippen molar-refractivity contribution in [1.82, 2.24) is 9.38 Å². The van der Waals surface area contributed by atoms with Crippen LogP contribution in [0, 0.1) is 5.92 Å². The number of fused-ring (bicyclic) bond motifs is 1. The number of aromatic nitrogens is 2. The molecule has 0 spiro atoms. The van der Waals surface area contributed by atoms with Crippen molar-refractivity contribution >= 4 is 11.3 Å². The fourth-order valence-corrected chi connectivity index (χ4v) is 4.73. The third-order valence-electron chi connectivity index (χ3n) is 6.18. The van der Waals surface area contributed by atoms with Crippen molar-refractivity contribution in [3.05, 3.63) is 30.2 Å². The van der Waals surface area contributed by atoms with Crippen molar-refractivity contribution in [1.29, 1.82) is 0 Å². The minimum atomic E-state index is 0.740. The molecule has 2 aliphatic rings. The van der Waals surface area contributed by atoms with Gasteiger partial charge < -0.3 is 9.72 Å². The van der Waals surface area contributed by atoms with E-state index in [-0.39, 0.29) is 0 Å². The summed E-state index contributed by atoms with van der Waals surface area (Å²) in [6.07, 6.45) is 21.7. The average Bonchev–Trinajstić information content (AvgIpc) is 3.12. The number of nitrogens with one attached hydrogen (secondary N) is 1. The minimum absolute atomic E-state index is 0.740. The Morgan fingerprint density at radius 3 is 2.54 bits per heavy atom. The molecule has 0 bridgehead atoms. The van der Waals surface area contributed by atoms with E-state index in [4.69, 9.17) is 0 Å². The Morgan fingerprint density at radius 2 is 1.75 bits per heavy atom. The highest BCUT2D eigenvalue weighted by molar-refractivity contribution is 5.68. The van der Waals surface area contributed by atoms with Gasteiger partial charge in [-0.25, -0.2) is 4.98 Å². The molecule has 0 atom stereocenters. The summed E-state index contributed by atoms with van der Waals surface area (Å²) in [6.45, 7) is 1.08. The van der Waals surface area contributed by atoms with E-state index in [1.54, 1.807) is 0 Å². The van der Waals surface area contributed by atoms with Gasteiger partial charge in [-0.1, -0.05) is 51.4 Å². The van der Waals surface area contributed by atoms with Crippen LogP contribution in [-0.2, 0) is 0 Å². The molecule has 4 rings (SSSR count). The van der Waals surface area contributed by atoms with Crippen LogP contribution < -0.4 is 5.32 Å². The van der Waals surface area contributed by atoms with E-state index >= 15 is 0 Å². The molecule has 2 heterocycles. The largest absolute Gasteiger partial charge is 0.382 e. The first-order chi connectivity index (χ1) is 11.9. The average molecular weight is 326 g/mol. The normalized spacial score (nSPS) is 20.5. The molecule has 3 heteroatoms. The van der Waals surface area contributed by atoms with Crippen molar-refractivity contribution in [3.8, 4) is 0 Å². The first-order valence-corrected chi connectivity index (χ1v) is 10.1. The lowest BCUT2D eigenvalue weighted by atomic mass is 9.84. The highest BCUT2D eigenvalue weighted by Crippen LogP contribution is 2.34. The molecule has 0 unspecified atom stereocenters. The van der Waals surface area contributed by atoms with E-state index in [0.29, 0.717) is 0 Å². The second kappa shape index (κ2) is 7.58. The molecule has 0 radical (unpaired) electrons. The minimum Gasteiger partial charge on any atom is -0.382 e. The monoisotopic (exact) mass is 325 g/mol. The first kappa shape index (κ1) is 16.0. The molecule has 130 valence electrons. The summed E-state index contributed by atoms with van der Waals surface area (Å²) in [7, 11) is 0. The predicted molar refractivity (Wildman–Crippen MR) is 101 cm³/mol. The maximum atomic E-state index is 4.57. The van der Waals surface area contributed by atoms with Crippen molar-refractivity contribution < 1.29 is 0 Å². The first-order valence-electron chi connectivity index (χ1n) is 10.1. The van der Waals surface area contributed by atoms with Crippen LogP contribution in [0.1, 0.15) is 82.1 Å². The molecule has 0 aromatic carbocycles. The van der Waals surface area contributed by atoms with Gasteiger partial charge in [-0.2, -0.15) is 0 Å². The molecule has 2 fully saturated rings. The standard InChI is InChI=1S/C21H31N3/c1-3-7-17(8-4-1)11-12-22-20-15-19(18-9-5-2-6-10-18)16-24-14-13-23-21(20)24/h13-18,22H,1-12H2. The third kappa shape index (κ3) is 3.60. The number of rotatable bonds is 5. The zero-order valence-electron chi connectivity index (χ0n) is 14.8. The van der Waals surface area contributed by atoms with Crippen LogP contribution in [-0.4, -0.2) is 15.9 Å². The quantitative estimate of drug-likeness (QED) is 0.756. The summed E-state index contributed by atoms with van der Waals surface area (Å²) in [5.41, 5.74) is 3.82. The fraction of sp³-hybridized carbons (Fsp3) is 0.667. The van der Waals surface area contributed by atoms with Gasteiger partial charge in [0.2, 0.25) is 0 Å². The summed E-state index contributed by atoms with van der Waals surface area (Å²) in [6, 6.07) is 2.39. The Balaban J connectivity index is 1.47. The molecular weight excluding hydrogens is 294 g/mol. The van der Waals surface area contributed by atoms with Crippen molar-refractivity contribution in [3.63, 3.8) is 0 Å². The van der Waals surface area contributed by atoms with Crippen LogP contribution in [0.2, 0.25) is 0 Å². The van der Waals surface area contributed by atoms with E-state index in [2.05, 4.69) is 33.2 Å². The van der Waals surface area contributed by atoms with Gasteiger partial charge in [-0.3, -0.25) is 0 Å². The van der Waals surface area contributed by atoms with Crippen LogP contribution in [0.5, 0.6) is 0 Å². The molecule has 0 saturated heterocycles. The van der Waals surface area contributed by atoms with Gasteiger partial charge in [-0.15, -0.1) is 0 Å². The molecule has 0 aliphatic heterocycles. The molecule has 24 heavy (non-hydrogen) atoms. The topological polar surface area (TPSA) is 29.3 Å². The number of hydrogen-bond donors (Lipinski definition) is 1. The lowest BCUT2D eigenvalue weighted by Gasteiger charge is -2.24.